The van der Waals surface area contributed by atoms with Crippen LogP contribution in [0, 0.1) is 0 Å². The number of allylic oxidation sites excluding steroid dienone is 4. The molecule has 0 bridgehead atoms. The van der Waals surface area contributed by atoms with E-state index >= 15 is 0 Å². The number of benzene rings is 2. The van der Waals surface area contributed by atoms with Crippen LogP contribution in [0.3, 0.4) is 0 Å². The van der Waals surface area contributed by atoms with E-state index in [9.17, 15) is 0 Å². The van der Waals surface area contributed by atoms with Crippen LogP contribution in [0.25, 0.3) is 11.1 Å². The van der Waals surface area contributed by atoms with E-state index in [1.54, 1.807) is 15.0 Å². The third kappa shape index (κ3) is 4.79. The first-order valence-electron chi connectivity index (χ1n) is 12.0. The van der Waals surface area contributed by atoms with Crippen molar-refractivity contribution in [3.05, 3.63) is 80.8 Å². The maximum Gasteiger partial charge on any atom is -1.00 e. The molecule has 0 N–H and O–H groups in total. The van der Waals surface area contributed by atoms with Crippen LogP contribution >= 0.6 is 0 Å². The van der Waals surface area contributed by atoms with Gasteiger partial charge in [-0.05, 0) is 0 Å². The first kappa shape index (κ1) is 26.7. The van der Waals surface area contributed by atoms with Crippen molar-refractivity contribution in [3.8, 4) is 11.1 Å². The second-order valence-corrected chi connectivity index (χ2v) is 16.0. The molecule has 0 heterocycles. The van der Waals surface area contributed by atoms with Crippen LogP contribution in [0.15, 0.2) is 58.5 Å². The number of rotatable bonds is 2. The van der Waals surface area contributed by atoms with Crippen LogP contribution in [0.4, 0.5) is 0 Å². The summed E-state index contributed by atoms with van der Waals surface area (Å²) in [5.41, 5.74) is 9.55. The molecule has 0 spiro atoms. The minimum absolute atomic E-state index is 0. The Balaban J connectivity index is 0.00000153. The van der Waals surface area contributed by atoms with Crippen molar-refractivity contribution >= 4 is 3.81 Å². The summed E-state index contributed by atoms with van der Waals surface area (Å²) in [6.45, 7) is 14.0. The standard InChI is InChI=1S/C21H25.C5H5.C4H6.2ClH.Ti/c1-20(2,3)16-9-7-14-11-15-8-10-17(21(4,5)6)13-19(15)18(14)12-16;1-2-4-5-3-1;1-2-4-3-1;;;/h7-13H,1-6H3;1-3H,4H2;1-3H2;2*1H;/q;;;;;+2/p-2. The Morgan fingerprint density at radius 3 is 1.64 bits per heavy atom. The summed E-state index contributed by atoms with van der Waals surface area (Å²) in [5.74, 6) is 0. The molecule has 0 radical (unpaired) electrons. The molecule has 0 unspecified atom stereocenters. The van der Waals surface area contributed by atoms with E-state index in [1.165, 1.54) is 47.9 Å². The Morgan fingerprint density at radius 1 is 0.758 bits per heavy atom. The second kappa shape index (κ2) is 9.62. The topological polar surface area (TPSA) is 0 Å². The fourth-order valence-corrected chi connectivity index (χ4v) is 11.4. The van der Waals surface area contributed by atoms with E-state index in [1.807, 2.05) is 3.81 Å². The maximum atomic E-state index is 2.53. The van der Waals surface area contributed by atoms with Gasteiger partial charge in [0.05, 0.1) is 0 Å². The number of halogens is 2. The van der Waals surface area contributed by atoms with Crippen LogP contribution in [0.2, 0.25) is 0 Å². The molecule has 3 aliphatic carbocycles. The zero-order valence-electron chi connectivity index (χ0n) is 20.9. The van der Waals surface area contributed by atoms with Gasteiger partial charge in [-0.2, -0.15) is 0 Å². The van der Waals surface area contributed by atoms with Gasteiger partial charge in [-0.3, -0.25) is 0 Å². The van der Waals surface area contributed by atoms with Crippen LogP contribution in [0.5, 0.6) is 0 Å². The molecular weight excluding hydrogens is 479 g/mol. The molecule has 0 aromatic heterocycles. The van der Waals surface area contributed by atoms with Gasteiger partial charge in [0.2, 0.25) is 0 Å². The third-order valence-corrected chi connectivity index (χ3v) is 13.0. The minimum atomic E-state index is -1.58. The minimum Gasteiger partial charge on any atom is -1.00 e. The molecule has 1 fully saturated rings. The number of hydrogen-bond donors (Lipinski definition) is 0. The van der Waals surface area contributed by atoms with E-state index in [0.717, 1.165) is 0 Å². The van der Waals surface area contributed by atoms with Crippen molar-refractivity contribution < 1.29 is 42.2 Å². The zero-order chi connectivity index (χ0) is 22.0. The van der Waals surface area contributed by atoms with E-state index < -0.39 is 17.4 Å². The molecule has 3 aliphatic rings. The molecule has 0 nitrogen and oxygen atoms in total. The average Bonchev–Trinajstić information content (AvgIpc) is 3.29. The van der Waals surface area contributed by atoms with Crippen molar-refractivity contribution in [1.29, 1.82) is 0 Å². The van der Waals surface area contributed by atoms with Gasteiger partial charge in [-0.15, -0.1) is 0 Å². The summed E-state index contributed by atoms with van der Waals surface area (Å²) in [7, 11) is 0. The van der Waals surface area contributed by atoms with Gasteiger partial charge in [0.15, 0.2) is 0 Å². The number of hydrogen-bond acceptors (Lipinski definition) is 0. The molecule has 2 aromatic carbocycles. The summed E-state index contributed by atoms with van der Waals surface area (Å²) < 4.78 is 4.37. The quantitative estimate of drug-likeness (QED) is 0.539. The molecule has 2 aromatic rings. The molecule has 0 amide bonds. The first-order chi connectivity index (χ1) is 14.6. The molecule has 0 atom stereocenters. The van der Waals surface area contributed by atoms with Gasteiger partial charge < -0.3 is 24.8 Å². The van der Waals surface area contributed by atoms with Crippen LogP contribution < -0.4 is 24.8 Å². The van der Waals surface area contributed by atoms with Crippen molar-refractivity contribution in [3.63, 3.8) is 0 Å². The SMILES string of the molecule is CC(C)(C)c1ccc2c(c1)-c1cc(C(C)(C)C)ccc1[CH]2[Ti+2]([C]1=CC=CC1)=[C]1CCC1.[Cl-].[Cl-]. The van der Waals surface area contributed by atoms with Gasteiger partial charge in [-0.1, -0.05) is 0 Å². The van der Waals surface area contributed by atoms with Crippen LogP contribution in [-0.2, 0) is 28.2 Å². The normalized spacial score (nSPS) is 16.6. The van der Waals surface area contributed by atoms with Gasteiger partial charge >= 0.3 is 195 Å². The predicted octanol–water partition coefficient (Wildman–Crippen LogP) is 2.18. The Kier molecular flexibility index (Phi) is 7.78. The fraction of sp³-hybridized carbons (Fsp3) is 0.433. The smallest absolute Gasteiger partial charge is 1.00 e. The Bertz CT molecular complexity index is 1080. The van der Waals surface area contributed by atoms with Gasteiger partial charge in [0.25, 0.3) is 0 Å². The Labute approximate surface area is 219 Å². The van der Waals surface area contributed by atoms with Crippen LogP contribution in [0.1, 0.15) is 93.7 Å². The summed E-state index contributed by atoms with van der Waals surface area (Å²) in [4.78, 5) is 0. The average molecular weight is 515 g/mol. The summed E-state index contributed by atoms with van der Waals surface area (Å²) in [6.07, 6.45) is 12.5. The van der Waals surface area contributed by atoms with E-state index in [2.05, 4.69) is 96.2 Å². The predicted molar refractivity (Wildman–Crippen MR) is 132 cm³/mol. The zero-order valence-corrected chi connectivity index (χ0v) is 23.9. The maximum absolute atomic E-state index is 2.53. The molecule has 33 heavy (non-hydrogen) atoms. The molecule has 0 aliphatic heterocycles. The van der Waals surface area contributed by atoms with Gasteiger partial charge in [0.1, 0.15) is 0 Å². The summed E-state index contributed by atoms with van der Waals surface area (Å²) >= 11 is -1.58. The second-order valence-electron chi connectivity index (χ2n) is 11.7. The third-order valence-electron chi connectivity index (χ3n) is 7.49. The van der Waals surface area contributed by atoms with Crippen molar-refractivity contribution in [2.24, 2.45) is 0 Å². The first-order valence-corrected chi connectivity index (χ1v) is 14.5. The molecule has 174 valence electrons. The summed E-state index contributed by atoms with van der Waals surface area (Å²) in [5, 5.41) is 0. The fourth-order valence-electron chi connectivity index (χ4n) is 5.38. The van der Waals surface area contributed by atoms with E-state index in [-0.39, 0.29) is 35.6 Å². The Morgan fingerprint density at radius 2 is 1.27 bits per heavy atom. The van der Waals surface area contributed by atoms with Gasteiger partial charge in [-0.25, -0.2) is 0 Å². The summed E-state index contributed by atoms with van der Waals surface area (Å²) in [6, 6.07) is 14.9. The van der Waals surface area contributed by atoms with Gasteiger partial charge in [0, 0.05) is 0 Å². The monoisotopic (exact) mass is 514 g/mol. The van der Waals surface area contributed by atoms with E-state index in [0.29, 0.717) is 4.22 Å². The molecule has 3 heteroatoms. The van der Waals surface area contributed by atoms with Crippen LogP contribution in [-0.4, -0.2) is 3.81 Å². The van der Waals surface area contributed by atoms with E-state index in [4.69, 9.17) is 0 Å². The molecular formula is C30H36Cl2Ti. The van der Waals surface area contributed by atoms with Crippen molar-refractivity contribution in [2.75, 3.05) is 0 Å². The largest absolute Gasteiger partial charge is 1.00 e. The van der Waals surface area contributed by atoms with Crippen molar-refractivity contribution in [1.82, 2.24) is 0 Å². The van der Waals surface area contributed by atoms with Crippen molar-refractivity contribution in [2.45, 2.75) is 82.3 Å². The number of fused-ring (bicyclic) bond motifs is 3. The molecule has 0 saturated heterocycles. The molecule has 5 rings (SSSR count). The Hall–Kier alpha value is -0.916. The molecule has 1 saturated carbocycles.